The fraction of sp³-hybridized carbons (Fsp3) is 0.684. The normalized spacial score (nSPS) is 17.2. The Kier molecular flexibility index (Phi) is 6.88. The zero-order valence-electron chi connectivity index (χ0n) is 16.1. The molecule has 1 fully saturated rings. The third-order valence-corrected chi connectivity index (χ3v) is 6.46. The topological polar surface area (TPSA) is 58.6 Å². The molecular formula is C19H32N2O3S. The van der Waals surface area contributed by atoms with Crippen molar-refractivity contribution >= 4 is 10.0 Å². The standard InChI is InChI=1S/C19H32N2O3S/c1-14(2)10-17(21-8-6-7-9-21)13-20-25(22,23)19-12-15(3)18(24-5)11-16(19)4/h11-12,14,17,20H,6-10,13H2,1-5H3. The molecule has 2 rings (SSSR count). The minimum atomic E-state index is -3.53. The molecule has 142 valence electrons. The summed E-state index contributed by atoms with van der Waals surface area (Å²) in [7, 11) is -1.93. The molecule has 0 spiro atoms. The maximum absolute atomic E-state index is 12.8. The van der Waals surface area contributed by atoms with Gasteiger partial charge in [-0.25, -0.2) is 13.1 Å². The molecule has 0 radical (unpaired) electrons. The number of hydrogen-bond donors (Lipinski definition) is 1. The highest BCUT2D eigenvalue weighted by molar-refractivity contribution is 7.89. The SMILES string of the molecule is COc1cc(C)c(S(=O)(=O)NCC(CC(C)C)N2CCCC2)cc1C. The molecule has 0 aliphatic carbocycles. The molecular weight excluding hydrogens is 336 g/mol. The summed E-state index contributed by atoms with van der Waals surface area (Å²) in [5.41, 5.74) is 1.53. The van der Waals surface area contributed by atoms with Crippen LogP contribution in [0.3, 0.4) is 0 Å². The summed E-state index contributed by atoms with van der Waals surface area (Å²) < 4.78 is 33.8. The van der Waals surface area contributed by atoms with Crippen molar-refractivity contribution in [1.82, 2.24) is 9.62 Å². The van der Waals surface area contributed by atoms with E-state index in [0.29, 0.717) is 28.7 Å². The van der Waals surface area contributed by atoms with E-state index < -0.39 is 10.0 Å². The van der Waals surface area contributed by atoms with Crippen molar-refractivity contribution in [1.29, 1.82) is 0 Å². The number of benzene rings is 1. The van der Waals surface area contributed by atoms with Crippen molar-refractivity contribution in [3.8, 4) is 5.75 Å². The van der Waals surface area contributed by atoms with Crippen LogP contribution in [-0.4, -0.2) is 46.1 Å². The minimum Gasteiger partial charge on any atom is -0.496 e. The van der Waals surface area contributed by atoms with Crippen molar-refractivity contribution in [3.05, 3.63) is 23.3 Å². The number of nitrogens with one attached hydrogen (secondary N) is 1. The number of aryl methyl sites for hydroxylation is 2. The summed E-state index contributed by atoms with van der Waals surface area (Å²) in [5, 5.41) is 0. The van der Waals surface area contributed by atoms with E-state index in [2.05, 4.69) is 23.5 Å². The molecule has 1 aliphatic rings. The molecule has 6 heteroatoms. The molecule has 25 heavy (non-hydrogen) atoms. The average molecular weight is 369 g/mol. The van der Waals surface area contributed by atoms with E-state index in [1.807, 2.05) is 13.8 Å². The van der Waals surface area contributed by atoms with Gasteiger partial charge in [-0.1, -0.05) is 13.8 Å². The number of rotatable bonds is 8. The van der Waals surface area contributed by atoms with Crippen LogP contribution in [0.15, 0.2) is 17.0 Å². The third-order valence-electron chi connectivity index (χ3n) is 4.89. The third kappa shape index (κ3) is 5.19. The smallest absolute Gasteiger partial charge is 0.240 e. The molecule has 5 nitrogen and oxygen atoms in total. The molecule has 0 bridgehead atoms. The van der Waals surface area contributed by atoms with Gasteiger partial charge in [-0.05, 0) is 75.4 Å². The van der Waals surface area contributed by atoms with Crippen molar-refractivity contribution < 1.29 is 13.2 Å². The molecule has 0 saturated carbocycles. The van der Waals surface area contributed by atoms with E-state index in [9.17, 15) is 8.42 Å². The van der Waals surface area contributed by atoms with Crippen LogP contribution in [0.1, 0.15) is 44.2 Å². The summed E-state index contributed by atoms with van der Waals surface area (Å²) in [6.45, 7) is 10.7. The van der Waals surface area contributed by atoms with Crippen LogP contribution in [0.5, 0.6) is 5.75 Å². The Hall–Kier alpha value is -1.11. The molecule has 0 amide bonds. The average Bonchev–Trinajstić information content (AvgIpc) is 3.07. The van der Waals surface area contributed by atoms with Crippen molar-refractivity contribution in [2.45, 2.75) is 57.9 Å². The minimum absolute atomic E-state index is 0.261. The predicted octanol–water partition coefficient (Wildman–Crippen LogP) is 3.10. The molecule has 1 unspecified atom stereocenters. The highest BCUT2D eigenvalue weighted by Crippen LogP contribution is 2.26. The van der Waals surface area contributed by atoms with Gasteiger partial charge in [0.2, 0.25) is 10.0 Å². The number of hydrogen-bond acceptors (Lipinski definition) is 4. The van der Waals surface area contributed by atoms with Gasteiger partial charge in [0.15, 0.2) is 0 Å². The predicted molar refractivity (Wildman–Crippen MR) is 102 cm³/mol. The molecule has 1 aliphatic heterocycles. The number of sulfonamides is 1. The Morgan fingerprint density at radius 3 is 2.36 bits per heavy atom. The lowest BCUT2D eigenvalue weighted by Gasteiger charge is -2.29. The lowest BCUT2D eigenvalue weighted by molar-refractivity contribution is 0.214. The summed E-state index contributed by atoms with van der Waals surface area (Å²) in [6.07, 6.45) is 3.42. The zero-order valence-corrected chi connectivity index (χ0v) is 16.9. The molecule has 1 atom stereocenters. The maximum atomic E-state index is 12.8. The molecule has 1 saturated heterocycles. The molecule has 1 heterocycles. The Balaban J connectivity index is 2.15. The second kappa shape index (κ2) is 8.52. The lowest BCUT2D eigenvalue weighted by atomic mass is 10.0. The Morgan fingerprint density at radius 1 is 1.16 bits per heavy atom. The zero-order chi connectivity index (χ0) is 18.6. The molecule has 1 N–H and O–H groups in total. The second-order valence-corrected chi connectivity index (χ2v) is 9.20. The van der Waals surface area contributed by atoms with E-state index >= 15 is 0 Å². The summed E-state index contributed by atoms with van der Waals surface area (Å²) in [4.78, 5) is 2.77. The summed E-state index contributed by atoms with van der Waals surface area (Å²) >= 11 is 0. The van der Waals surface area contributed by atoms with E-state index in [1.165, 1.54) is 12.8 Å². The second-order valence-electron chi connectivity index (χ2n) is 7.47. The summed E-state index contributed by atoms with van der Waals surface area (Å²) in [6, 6.07) is 3.75. The number of ether oxygens (including phenoxy) is 1. The maximum Gasteiger partial charge on any atom is 0.240 e. The number of nitrogens with zero attached hydrogens (tertiary/aromatic N) is 1. The van der Waals surface area contributed by atoms with Crippen LogP contribution >= 0.6 is 0 Å². The van der Waals surface area contributed by atoms with Crippen LogP contribution in [-0.2, 0) is 10.0 Å². The van der Waals surface area contributed by atoms with Gasteiger partial charge in [0.25, 0.3) is 0 Å². The van der Waals surface area contributed by atoms with Crippen LogP contribution in [0.2, 0.25) is 0 Å². The van der Waals surface area contributed by atoms with Gasteiger partial charge < -0.3 is 4.74 Å². The molecule has 0 aromatic heterocycles. The fourth-order valence-electron chi connectivity index (χ4n) is 3.57. The first-order valence-electron chi connectivity index (χ1n) is 9.13. The highest BCUT2D eigenvalue weighted by atomic mass is 32.2. The first-order chi connectivity index (χ1) is 11.7. The van der Waals surface area contributed by atoms with E-state index in [4.69, 9.17) is 4.74 Å². The van der Waals surface area contributed by atoms with Crippen LogP contribution in [0, 0.1) is 19.8 Å². The van der Waals surface area contributed by atoms with Gasteiger partial charge in [-0.3, -0.25) is 4.90 Å². The van der Waals surface area contributed by atoms with Gasteiger partial charge >= 0.3 is 0 Å². The monoisotopic (exact) mass is 368 g/mol. The van der Waals surface area contributed by atoms with Crippen molar-refractivity contribution in [3.63, 3.8) is 0 Å². The molecule has 1 aromatic carbocycles. The highest BCUT2D eigenvalue weighted by Gasteiger charge is 2.26. The van der Waals surface area contributed by atoms with Crippen molar-refractivity contribution in [2.75, 3.05) is 26.7 Å². The summed E-state index contributed by atoms with van der Waals surface area (Å²) in [5.74, 6) is 1.26. The quantitative estimate of drug-likeness (QED) is 0.766. The Bertz CT molecular complexity index is 680. The van der Waals surface area contributed by atoms with Crippen LogP contribution < -0.4 is 9.46 Å². The van der Waals surface area contributed by atoms with Crippen LogP contribution in [0.4, 0.5) is 0 Å². The Morgan fingerprint density at radius 2 is 1.80 bits per heavy atom. The van der Waals surface area contributed by atoms with Gasteiger partial charge in [-0.15, -0.1) is 0 Å². The first kappa shape index (κ1) is 20.2. The van der Waals surface area contributed by atoms with Crippen molar-refractivity contribution in [2.24, 2.45) is 5.92 Å². The van der Waals surface area contributed by atoms with Gasteiger partial charge in [0, 0.05) is 12.6 Å². The number of likely N-dealkylation sites (tertiary alicyclic amines) is 1. The van der Waals surface area contributed by atoms with Crippen LogP contribution in [0.25, 0.3) is 0 Å². The van der Waals surface area contributed by atoms with Gasteiger partial charge in [0.1, 0.15) is 5.75 Å². The first-order valence-corrected chi connectivity index (χ1v) is 10.6. The molecule has 1 aromatic rings. The lowest BCUT2D eigenvalue weighted by Crippen LogP contribution is -2.43. The largest absolute Gasteiger partial charge is 0.496 e. The van der Waals surface area contributed by atoms with E-state index in [0.717, 1.165) is 25.1 Å². The van der Waals surface area contributed by atoms with Gasteiger partial charge in [-0.2, -0.15) is 0 Å². The van der Waals surface area contributed by atoms with Gasteiger partial charge in [0.05, 0.1) is 12.0 Å². The van der Waals surface area contributed by atoms with E-state index in [-0.39, 0.29) is 6.04 Å². The van der Waals surface area contributed by atoms with E-state index in [1.54, 1.807) is 19.2 Å². The Labute approximate surface area is 152 Å². The number of methoxy groups -OCH3 is 1. The fourth-order valence-corrected chi connectivity index (χ4v) is 4.95.